The molecule has 0 unspecified atom stereocenters. The summed E-state index contributed by atoms with van der Waals surface area (Å²) in [7, 11) is 1.57. The van der Waals surface area contributed by atoms with Crippen molar-refractivity contribution >= 4 is 23.8 Å². The van der Waals surface area contributed by atoms with Crippen molar-refractivity contribution in [2.75, 3.05) is 18.5 Å². The summed E-state index contributed by atoms with van der Waals surface area (Å²) in [6, 6.07) is 16.0. The van der Waals surface area contributed by atoms with Crippen LogP contribution in [0.5, 0.6) is 0 Å². The summed E-state index contributed by atoms with van der Waals surface area (Å²) in [5.41, 5.74) is 4.53. The Morgan fingerprint density at radius 3 is 2.36 bits per heavy atom. The first kappa shape index (κ1) is 21.6. The van der Waals surface area contributed by atoms with E-state index in [0.29, 0.717) is 0 Å². The van der Waals surface area contributed by atoms with E-state index in [1.807, 2.05) is 42.3 Å². The minimum atomic E-state index is -1.29. The number of rotatable bonds is 5. The normalized spacial score (nSPS) is 11.5. The minimum absolute atomic E-state index is 0.0923. The number of carboxylic acids is 1. The number of hydrogen-bond donors (Lipinski definition) is 3. The van der Waals surface area contributed by atoms with Crippen molar-refractivity contribution in [2.45, 2.75) is 5.92 Å². The number of fused-ring (bicyclic) bond motifs is 3. The molecule has 1 aromatic heterocycles. The quantitative estimate of drug-likeness (QED) is 0.520. The number of anilines is 1. The SMILES string of the molecule is Cn1ncc(C(=O)NCC#CC(=O)O)c1NC(=O)OCC1c2ccccc2-c2ccccc21. The molecule has 1 aliphatic rings. The molecule has 1 heterocycles. The first-order valence-electron chi connectivity index (χ1n) is 10.1. The van der Waals surface area contributed by atoms with Crippen LogP contribution in [0.2, 0.25) is 0 Å². The Hall–Kier alpha value is -4.58. The number of ether oxygens (including phenoxy) is 1. The Labute approximate surface area is 189 Å². The zero-order chi connectivity index (χ0) is 23.4. The van der Waals surface area contributed by atoms with Crippen LogP contribution < -0.4 is 10.6 Å². The summed E-state index contributed by atoms with van der Waals surface area (Å²) in [6.07, 6.45) is 0.569. The third kappa shape index (κ3) is 4.55. The largest absolute Gasteiger partial charge is 0.472 e. The van der Waals surface area contributed by atoms with E-state index in [4.69, 9.17) is 9.84 Å². The molecule has 33 heavy (non-hydrogen) atoms. The molecule has 2 amide bonds. The smallest absolute Gasteiger partial charge is 0.412 e. The van der Waals surface area contributed by atoms with Gasteiger partial charge in [-0.1, -0.05) is 54.5 Å². The van der Waals surface area contributed by atoms with Crippen molar-refractivity contribution in [1.29, 1.82) is 0 Å². The van der Waals surface area contributed by atoms with Gasteiger partial charge in [0.15, 0.2) is 0 Å². The van der Waals surface area contributed by atoms with Gasteiger partial charge >= 0.3 is 12.1 Å². The van der Waals surface area contributed by atoms with Gasteiger partial charge in [-0.2, -0.15) is 5.10 Å². The zero-order valence-corrected chi connectivity index (χ0v) is 17.7. The monoisotopic (exact) mass is 444 g/mol. The summed E-state index contributed by atoms with van der Waals surface area (Å²) in [4.78, 5) is 35.4. The second-order valence-corrected chi connectivity index (χ2v) is 7.27. The van der Waals surface area contributed by atoms with Gasteiger partial charge in [0.05, 0.1) is 12.7 Å². The highest BCUT2D eigenvalue weighted by Crippen LogP contribution is 2.44. The highest BCUT2D eigenvalue weighted by atomic mass is 16.5. The van der Waals surface area contributed by atoms with Crippen LogP contribution in [-0.4, -0.2) is 46.0 Å². The number of carbonyl (C=O) groups excluding carboxylic acids is 2. The number of carbonyl (C=O) groups is 3. The number of amides is 2. The van der Waals surface area contributed by atoms with E-state index in [1.165, 1.54) is 10.9 Å². The first-order valence-corrected chi connectivity index (χ1v) is 10.1. The Bertz CT molecular complexity index is 1260. The summed E-state index contributed by atoms with van der Waals surface area (Å²) in [5, 5.41) is 17.5. The Morgan fingerprint density at radius 2 is 1.73 bits per heavy atom. The van der Waals surface area contributed by atoms with E-state index in [9.17, 15) is 14.4 Å². The molecular weight excluding hydrogens is 424 g/mol. The molecule has 2 aromatic carbocycles. The van der Waals surface area contributed by atoms with Crippen LogP contribution in [0, 0.1) is 11.8 Å². The van der Waals surface area contributed by atoms with Crippen molar-refractivity contribution in [2.24, 2.45) is 7.05 Å². The van der Waals surface area contributed by atoms with E-state index in [0.717, 1.165) is 22.3 Å². The standard InChI is InChI=1S/C24H20N4O5/c1-28-22(19(13-26-28)23(31)25-12-6-11-21(29)30)27-24(32)33-14-20-17-9-4-2-7-15(17)16-8-3-5-10-18(16)20/h2-5,7-10,13,20H,12,14H2,1H3,(H,25,31)(H,27,32)(H,29,30). The van der Waals surface area contributed by atoms with Gasteiger partial charge in [-0.05, 0) is 22.3 Å². The topological polar surface area (TPSA) is 123 Å². The second kappa shape index (κ2) is 9.28. The van der Waals surface area contributed by atoms with Gasteiger partial charge in [0, 0.05) is 18.9 Å². The molecule has 3 N–H and O–H groups in total. The zero-order valence-electron chi connectivity index (χ0n) is 17.7. The lowest BCUT2D eigenvalue weighted by Gasteiger charge is -2.15. The van der Waals surface area contributed by atoms with Crippen molar-refractivity contribution in [3.8, 4) is 23.0 Å². The molecule has 4 rings (SSSR count). The van der Waals surface area contributed by atoms with Crippen LogP contribution in [0.15, 0.2) is 54.7 Å². The van der Waals surface area contributed by atoms with Gasteiger partial charge < -0.3 is 15.2 Å². The summed E-state index contributed by atoms with van der Waals surface area (Å²) >= 11 is 0. The number of benzene rings is 2. The maximum Gasteiger partial charge on any atom is 0.412 e. The van der Waals surface area contributed by atoms with Crippen molar-refractivity contribution in [3.05, 3.63) is 71.4 Å². The predicted molar refractivity (Wildman–Crippen MR) is 120 cm³/mol. The number of nitrogens with one attached hydrogen (secondary N) is 2. The van der Waals surface area contributed by atoms with E-state index >= 15 is 0 Å². The average Bonchev–Trinajstić information content (AvgIpc) is 3.33. The van der Waals surface area contributed by atoms with Crippen LogP contribution in [0.4, 0.5) is 10.6 Å². The molecule has 9 nitrogen and oxygen atoms in total. The third-order valence-corrected chi connectivity index (χ3v) is 5.28. The number of aliphatic carboxylic acids is 1. The number of aryl methyl sites for hydroxylation is 1. The van der Waals surface area contributed by atoms with Crippen LogP contribution in [0.25, 0.3) is 11.1 Å². The van der Waals surface area contributed by atoms with Crippen molar-refractivity contribution in [3.63, 3.8) is 0 Å². The summed E-state index contributed by atoms with van der Waals surface area (Å²) in [5.74, 6) is 2.41. The molecule has 9 heteroatoms. The molecule has 0 saturated heterocycles. The van der Waals surface area contributed by atoms with Gasteiger partial charge in [-0.25, -0.2) is 9.59 Å². The summed E-state index contributed by atoms with van der Waals surface area (Å²) in [6.45, 7) is -0.0333. The van der Waals surface area contributed by atoms with Gasteiger partial charge in [-0.15, -0.1) is 0 Å². The molecule has 166 valence electrons. The number of aromatic nitrogens is 2. The van der Waals surface area contributed by atoms with E-state index in [1.54, 1.807) is 7.05 Å². The van der Waals surface area contributed by atoms with Crippen LogP contribution in [0.1, 0.15) is 27.4 Å². The highest BCUT2D eigenvalue weighted by Gasteiger charge is 2.29. The number of nitrogens with zero attached hydrogens (tertiary/aromatic N) is 2. The maximum atomic E-state index is 12.6. The average molecular weight is 444 g/mol. The minimum Gasteiger partial charge on any atom is -0.472 e. The lowest BCUT2D eigenvalue weighted by molar-refractivity contribution is -0.130. The number of carboxylic acid groups (broad SMARTS) is 1. The van der Waals surface area contributed by atoms with Crippen molar-refractivity contribution in [1.82, 2.24) is 15.1 Å². The maximum absolute atomic E-state index is 12.6. The molecule has 0 atom stereocenters. The fourth-order valence-electron chi connectivity index (χ4n) is 3.82. The third-order valence-electron chi connectivity index (χ3n) is 5.28. The first-order chi connectivity index (χ1) is 16.0. The molecule has 1 aliphatic carbocycles. The Kier molecular flexibility index (Phi) is 6.09. The summed E-state index contributed by atoms with van der Waals surface area (Å²) < 4.78 is 6.85. The second-order valence-electron chi connectivity index (χ2n) is 7.27. The molecule has 0 bridgehead atoms. The van der Waals surface area contributed by atoms with Crippen LogP contribution in [-0.2, 0) is 16.6 Å². The lowest BCUT2D eigenvalue weighted by Crippen LogP contribution is -2.26. The van der Waals surface area contributed by atoms with Crippen molar-refractivity contribution < 1.29 is 24.2 Å². The van der Waals surface area contributed by atoms with E-state index < -0.39 is 18.0 Å². The molecule has 0 saturated carbocycles. The van der Waals surface area contributed by atoms with Gasteiger partial charge in [-0.3, -0.25) is 14.8 Å². The Balaban J connectivity index is 1.42. The van der Waals surface area contributed by atoms with E-state index in [-0.39, 0.29) is 30.5 Å². The lowest BCUT2D eigenvalue weighted by atomic mass is 9.98. The van der Waals surface area contributed by atoms with Crippen LogP contribution >= 0.6 is 0 Å². The highest BCUT2D eigenvalue weighted by molar-refractivity contribution is 6.01. The predicted octanol–water partition coefficient (Wildman–Crippen LogP) is 2.60. The van der Waals surface area contributed by atoms with E-state index in [2.05, 4.69) is 33.8 Å². The van der Waals surface area contributed by atoms with Gasteiger partial charge in [0.25, 0.3) is 5.91 Å². The van der Waals surface area contributed by atoms with Gasteiger partial charge in [0.2, 0.25) is 0 Å². The fraction of sp³-hybridized carbons (Fsp3) is 0.167. The Morgan fingerprint density at radius 1 is 1.09 bits per heavy atom. The number of hydrogen-bond acceptors (Lipinski definition) is 5. The molecule has 0 aliphatic heterocycles. The fourth-order valence-corrected chi connectivity index (χ4v) is 3.82. The molecule has 0 radical (unpaired) electrons. The molecule has 0 fully saturated rings. The van der Waals surface area contributed by atoms with Gasteiger partial charge in [0.1, 0.15) is 18.0 Å². The van der Waals surface area contributed by atoms with Crippen LogP contribution in [0.3, 0.4) is 0 Å². The molecule has 0 spiro atoms. The molecule has 3 aromatic rings. The molecular formula is C24H20N4O5.